The number of phenols is 1. The van der Waals surface area contributed by atoms with Crippen molar-refractivity contribution < 1.29 is 33.7 Å². The number of aromatic hydroxyl groups is 1. The number of aromatic carboxylic acids is 1. The van der Waals surface area contributed by atoms with Gasteiger partial charge in [0.15, 0.2) is 11.5 Å². The molecule has 31 heavy (non-hydrogen) atoms. The SMILES string of the molecule is COc1cc([C@H]2CC(=O)Nc3c2sc(C(=O)O)c3-c2ccc(F)cc2)cc(OC)c1O. The van der Waals surface area contributed by atoms with E-state index in [-0.39, 0.29) is 34.5 Å². The van der Waals surface area contributed by atoms with Gasteiger partial charge in [-0.05, 0) is 35.4 Å². The number of fused-ring (bicyclic) bond motifs is 1. The number of hydrogen-bond donors (Lipinski definition) is 3. The molecule has 0 aliphatic carbocycles. The van der Waals surface area contributed by atoms with E-state index in [1.165, 1.54) is 38.5 Å². The summed E-state index contributed by atoms with van der Waals surface area (Å²) in [5.74, 6) is -2.18. The number of nitrogens with one attached hydrogen (secondary N) is 1. The van der Waals surface area contributed by atoms with Gasteiger partial charge in [-0.2, -0.15) is 0 Å². The molecule has 4 rings (SSSR count). The predicted octanol–water partition coefficient (Wildman–Crippen LogP) is 4.45. The largest absolute Gasteiger partial charge is 0.502 e. The second-order valence-corrected chi connectivity index (χ2v) is 7.99. The van der Waals surface area contributed by atoms with Crippen LogP contribution in [0.5, 0.6) is 17.2 Å². The third kappa shape index (κ3) is 3.57. The standard InChI is InChI=1S/C22H18FNO6S/c1-29-14-7-11(8-15(30-2)19(14)26)13-9-16(25)24-18-17(10-3-5-12(23)6-4-10)21(22(27)28)31-20(13)18/h3-8,13,26H,9H2,1-2H3,(H,24,25)(H,27,28)/t13-/m1/s1. The Morgan fingerprint density at radius 2 is 1.77 bits per heavy atom. The summed E-state index contributed by atoms with van der Waals surface area (Å²) >= 11 is 1.05. The van der Waals surface area contributed by atoms with E-state index < -0.39 is 17.7 Å². The number of carboxylic acid groups (broad SMARTS) is 1. The lowest BCUT2D eigenvalue weighted by atomic mass is 9.88. The number of ether oxygens (including phenoxy) is 2. The molecule has 0 unspecified atom stereocenters. The highest BCUT2D eigenvalue weighted by molar-refractivity contribution is 7.15. The summed E-state index contributed by atoms with van der Waals surface area (Å²) in [4.78, 5) is 25.3. The molecule has 160 valence electrons. The van der Waals surface area contributed by atoms with E-state index >= 15 is 0 Å². The van der Waals surface area contributed by atoms with Crippen molar-refractivity contribution in [3.05, 3.63) is 57.5 Å². The minimum atomic E-state index is -1.15. The van der Waals surface area contributed by atoms with E-state index in [9.17, 15) is 24.2 Å². The summed E-state index contributed by atoms with van der Waals surface area (Å²) in [6.07, 6.45) is 0.0759. The Kier molecular flexibility index (Phi) is 5.28. The lowest BCUT2D eigenvalue weighted by Crippen LogP contribution is -2.22. The van der Waals surface area contributed by atoms with Crippen molar-refractivity contribution in [2.75, 3.05) is 19.5 Å². The van der Waals surface area contributed by atoms with Gasteiger partial charge in [-0.25, -0.2) is 9.18 Å². The van der Waals surface area contributed by atoms with E-state index in [0.717, 1.165) is 11.3 Å². The maximum atomic E-state index is 13.4. The van der Waals surface area contributed by atoms with Gasteiger partial charge in [0.05, 0.1) is 19.9 Å². The molecule has 0 bridgehead atoms. The normalized spacial score (nSPS) is 15.2. The maximum Gasteiger partial charge on any atom is 0.346 e. The topological polar surface area (TPSA) is 105 Å². The van der Waals surface area contributed by atoms with Gasteiger partial charge in [0.25, 0.3) is 0 Å². The fourth-order valence-electron chi connectivity index (χ4n) is 3.71. The number of anilines is 1. The molecule has 3 aromatic rings. The zero-order valence-electron chi connectivity index (χ0n) is 16.6. The highest BCUT2D eigenvalue weighted by Gasteiger charge is 2.35. The van der Waals surface area contributed by atoms with Crippen molar-refractivity contribution >= 4 is 28.9 Å². The van der Waals surface area contributed by atoms with E-state index in [0.29, 0.717) is 27.3 Å². The Bertz CT molecular complexity index is 1160. The fourth-order valence-corrected chi connectivity index (χ4v) is 4.96. The number of benzene rings is 2. The summed E-state index contributed by atoms with van der Waals surface area (Å²) in [5.41, 5.74) is 1.84. The molecular weight excluding hydrogens is 425 g/mol. The zero-order chi connectivity index (χ0) is 22.3. The minimum absolute atomic E-state index is 0.0431. The third-order valence-electron chi connectivity index (χ3n) is 5.14. The number of phenolic OH excluding ortho intramolecular Hbond substituents is 1. The lowest BCUT2D eigenvalue weighted by molar-refractivity contribution is -0.116. The van der Waals surface area contributed by atoms with Crippen molar-refractivity contribution in [2.45, 2.75) is 12.3 Å². The molecule has 2 heterocycles. The molecule has 0 spiro atoms. The van der Waals surface area contributed by atoms with E-state index in [1.807, 2.05) is 0 Å². The smallest absolute Gasteiger partial charge is 0.346 e. The summed E-state index contributed by atoms with van der Waals surface area (Å²) in [6.45, 7) is 0. The van der Waals surface area contributed by atoms with Gasteiger partial charge in [0, 0.05) is 22.8 Å². The summed E-state index contributed by atoms with van der Waals surface area (Å²) in [7, 11) is 2.80. The van der Waals surface area contributed by atoms with Crippen molar-refractivity contribution in [2.24, 2.45) is 0 Å². The minimum Gasteiger partial charge on any atom is -0.502 e. The van der Waals surface area contributed by atoms with Crippen molar-refractivity contribution in [3.63, 3.8) is 0 Å². The van der Waals surface area contributed by atoms with Crippen LogP contribution in [0.4, 0.5) is 10.1 Å². The second kappa shape index (κ2) is 7.92. The lowest BCUT2D eigenvalue weighted by Gasteiger charge is -2.25. The number of carbonyl (C=O) groups excluding carboxylic acids is 1. The van der Waals surface area contributed by atoms with Gasteiger partial charge in [0.1, 0.15) is 10.7 Å². The Labute approximate surface area is 180 Å². The average molecular weight is 443 g/mol. The summed E-state index contributed by atoms with van der Waals surface area (Å²) in [6, 6.07) is 8.63. The molecule has 1 atom stereocenters. The quantitative estimate of drug-likeness (QED) is 0.538. The fraction of sp³-hybridized carbons (Fsp3) is 0.182. The number of amides is 1. The first-order valence-corrected chi connectivity index (χ1v) is 10.1. The van der Waals surface area contributed by atoms with Crippen LogP contribution in [0.2, 0.25) is 0 Å². The first-order chi connectivity index (χ1) is 14.8. The molecule has 1 aliphatic rings. The predicted molar refractivity (Wildman–Crippen MR) is 113 cm³/mol. The van der Waals surface area contributed by atoms with Crippen LogP contribution in [0.15, 0.2) is 36.4 Å². The van der Waals surface area contributed by atoms with Gasteiger partial charge in [0.2, 0.25) is 11.7 Å². The van der Waals surface area contributed by atoms with Crippen LogP contribution in [0.25, 0.3) is 11.1 Å². The number of thiophene rings is 1. The molecule has 1 amide bonds. The van der Waals surface area contributed by atoms with Gasteiger partial charge >= 0.3 is 5.97 Å². The molecule has 9 heteroatoms. The summed E-state index contributed by atoms with van der Waals surface area (Å²) < 4.78 is 23.9. The Hall–Kier alpha value is -3.59. The summed E-state index contributed by atoms with van der Waals surface area (Å²) in [5, 5.41) is 22.8. The monoisotopic (exact) mass is 443 g/mol. The van der Waals surface area contributed by atoms with Gasteiger partial charge in [-0.15, -0.1) is 11.3 Å². The highest BCUT2D eigenvalue weighted by atomic mass is 32.1. The van der Waals surface area contributed by atoms with Crippen LogP contribution in [0.3, 0.4) is 0 Å². The van der Waals surface area contributed by atoms with Crippen LogP contribution in [0, 0.1) is 5.82 Å². The van der Waals surface area contributed by atoms with Crippen molar-refractivity contribution in [1.82, 2.24) is 0 Å². The Morgan fingerprint density at radius 3 is 2.32 bits per heavy atom. The zero-order valence-corrected chi connectivity index (χ0v) is 17.4. The Balaban J connectivity index is 1.94. The van der Waals surface area contributed by atoms with E-state index in [1.54, 1.807) is 12.1 Å². The number of halogens is 1. The Morgan fingerprint density at radius 1 is 1.16 bits per heavy atom. The molecule has 1 aliphatic heterocycles. The van der Waals surface area contributed by atoms with Crippen LogP contribution < -0.4 is 14.8 Å². The first kappa shape index (κ1) is 20.7. The third-order valence-corrected chi connectivity index (χ3v) is 6.43. The van der Waals surface area contributed by atoms with Crippen LogP contribution >= 0.6 is 11.3 Å². The first-order valence-electron chi connectivity index (χ1n) is 9.24. The van der Waals surface area contributed by atoms with Crippen LogP contribution in [0.1, 0.15) is 32.5 Å². The molecule has 0 fully saturated rings. The van der Waals surface area contributed by atoms with Gasteiger partial charge in [-0.1, -0.05) is 12.1 Å². The highest BCUT2D eigenvalue weighted by Crippen LogP contribution is 2.51. The number of carboxylic acids is 1. The van der Waals surface area contributed by atoms with Gasteiger partial charge < -0.3 is 25.0 Å². The number of methoxy groups -OCH3 is 2. The van der Waals surface area contributed by atoms with Gasteiger partial charge in [-0.3, -0.25) is 4.79 Å². The van der Waals surface area contributed by atoms with Crippen LogP contribution in [-0.2, 0) is 4.79 Å². The molecule has 1 aromatic heterocycles. The molecule has 0 radical (unpaired) electrons. The second-order valence-electron chi connectivity index (χ2n) is 6.94. The average Bonchev–Trinajstić information content (AvgIpc) is 3.13. The molecule has 3 N–H and O–H groups in total. The van der Waals surface area contributed by atoms with E-state index in [2.05, 4.69) is 5.32 Å². The molecule has 7 nitrogen and oxygen atoms in total. The molecule has 2 aromatic carbocycles. The number of hydrogen-bond acceptors (Lipinski definition) is 6. The van der Waals surface area contributed by atoms with E-state index in [4.69, 9.17) is 9.47 Å². The molecule has 0 saturated carbocycles. The van der Waals surface area contributed by atoms with Crippen LogP contribution in [-0.4, -0.2) is 36.3 Å². The molecule has 0 saturated heterocycles. The number of rotatable bonds is 5. The van der Waals surface area contributed by atoms with Crippen molar-refractivity contribution in [3.8, 4) is 28.4 Å². The molecular formula is C22H18FNO6S. The number of carbonyl (C=O) groups is 2. The maximum absolute atomic E-state index is 13.4. The van der Waals surface area contributed by atoms with Crippen molar-refractivity contribution in [1.29, 1.82) is 0 Å².